The van der Waals surface area contributed by atoms with Crippen molar-refractivity contribution in [1.29, 1.82) is 0 Å². The van der Waals surface area contributed by atoms with Gasteiger partial charge in [-0.15, -0.1) is 6.42 Å². The molecule has 17 heavy (non-hydrogen) atoms. The van der Waals surface area contributed by atoms with Gasteiger partial charge in [-0.2, -0.15) is 0 Å². The van der Waals surface area contributed by atoms with Crippen LogP contribution in [0.25, 0.3) is 5.57 Å². The first-order chi connectivity index (χ1) is 8.25. The van der Waals surface area contributed by atoms with Crippen molar-refractivity contribution in [1.82, 2.24) is 0 Å². The number of terminal acetylenes is 1. The lowest BCUT2D eigenvalue weighted by molar-refractivity contribution is -0.115. The normalized spacial score (nSPS) is 26.5. The number of aryl methyl sites for hydroxylation is 1. The van der Waals surface area contributed by atoms with Gasteiger partial charge in [-0.25, -0.2) is 0 Å². The number of fused-ring (bicyclic) bond motifs is 3. The van der Waals surface area contributed by atoms with Gasteiger partial charge in [0.25, 0.3) is 0 Å². The zero-order chi connectivity index (χ0) is 11.9. The van der Waals surface area contributed by atoms with Crippen LogP contribution in [0.4, 0.5) is 0 Å². The SMILES string of the molecule is C#CC12CCC(=O)C=C1c1ccccc1CC2. The second-order valence-corrected chi connectivity index (χ2v) is 4.91. The van der Waals surface area contributed by atoms with Crippen LogP contribution in [0.5, 0.6) is 0 Å². The van der Waals surface area contributed by atoms with Crippen molar-refractivity contribution in [2.45, 2.75) is 25.7 Å². The third kappa shape index (κ3) is 1.45. The maximum Gasteiger partial charge on any atom is 0.156 e. The van der Waals surface area contributed by atoms with Crippen LogP contribution in [0, 0.1) is 17.8 Å². The van der Waals surface area contributed by atoms with E-state index in [1.807, 2.05) is 12.1 Å². The van der Waals surface area contributed by atoms with E-state index >= 15 is 0 Å². The van der Waals surface area contributed by atoms with Gasteiger partial charge in [0.05, 0.1) is 5.41 Å². The molecule has 0 amide bonds. The van der Waals surface area contributed by atoms with Crippen LogP contribution < -0.4 is 0 Å². The molecule has 1 unspecified atom stereocenters. The summed E-state index contributed by atoms with van der Waals surface area (Å²) in [5, 5.41) is 0. The van der Waals surface area contributed by atoms with E-state index < -0.39 is 0 Å². The third-order valence-electron chi connectivity index (χ3n) is 4.02. The Bertz CT molecular complexity index is 559. The molecule has 2 aliphatic rings. The predicted molar refractivity (Wildman–Crippen MR) is 68.2 cm³/mol. The monoisotopic (exact) mass is 222 g/mol. The van der Waals surface area contributed by atoms with Gasteiger partial charge in [0, 0.05) is 6.42 Å². The lowest BCUT2D eigenvalue weighted by Crippen LogP contribution is -2.30. The van der Waals surface area contributed by atoms with Crippen LogP contribution >= 0.6 is 0 Å². The predicted octanol–water partition coefficient (Wildman–Crippen LogP) is 3.00. The molecule has 0 saturated carbocycles. The van der Waals surface area contributed by atoms with E-state index in [4.69, 9.17) is 6.42 Å². The van der Waals surface area contributed by atoms with Crippen molar-refractivity contribution >= 4 is 11.4 Å². The summed E-state index contributed by atoms with van der Waals surface area (Å²) in [7, 11) is 0. The molecule has 0 saturated heterocycles. The highest BCUT2D eigenvalue weighted by atomic mass is 16.1. The molecule has 84 valence electrons. The molecular weight excluding hydrogens is 208 g/mol. The van der Waals surface area contributed by atoms with Crippen molar-refractivity contribution in [3.05, 3.63) is 41.5 Å². The number of rotatable bonds is 0. The molecule has 0 heterocycles. The third-order valence-corrected chi connectivity index (χ3v) is 4.02. The Morgan fingerprint density at radius 1 is 1.18 bits per heavy atom. The average Bonchev–Trinajstić information content (AvgIpc) is 2.39. The van der Waals surface area contributed by atoms with E-state index in [0.29, 0.717) is 6.42 Å². The molecule has 0 bridgehead atoms. The molecule has 1 nitrogen and oxygen atoms in total. The molecule has 1 heteroatoms. The molecule has 0 radical (unpaired) electrons. The fourth-order valence-electron chi connectivity index (χ4n) is 3.01. The minimum Gasteiger partial charge on any atom is -0.295 e. The van der Waals surface area contributed by atoms with Gasteiger partial charge in [-0.05, 0) is 42.0 Å². The molecular formula is C16H14O. The number of carbonyl (C=O) groups is 1. The van der Waals surface area contributed by atoms with Gasteiger partial charge in [-0.1, -0.05) is 30.2 Å². The zero-order valence-electron chi connectivity index (χ0n) is 9.70. The molecule has 1 atom stereocenters. The van der Waals surface area contributed by atoms with E-state index in [2.05, 4.69) is 18.1 Å². The lowest BCUT2D eigenvalue weighted by Gasteiger charge is -2.38. The van der Waals surface area contributed by atoms with E-state index in [-0.39, 0.29) is 11.2 Å². The Morgan fingerprint density at radius 2 is 1.94 bits per heavy atom. The maximum atomic E-state index is 11.6. The van der Waals surface area contributed by atoms with Crippen molar-refractivity contribution in [3.8, 4) is 12.3 Å². The summed E-state index contributed by atoms with van der Waals surface area (Å²) in [5.41, 5.74) is 3.39. The summed E-state index contributed by atoms with van der Waals surface area (Å²) in [4.78, 5) is 11.6. The molecule has 3 rings (SSSR count). The molecule has 0 aliphatic heterocycles. The van der Waals surface area contributed by atoms with Gasteiger partial charge in [0.1, 0.15) is 0 Å². The maximum absolute atomic E-state index is 11.6. The van der Waals surface area contributed by atoms with Crippen LogP contribution in [-0.2, 0) is 11.2 Å². The molecule has 1 aromatic carbocycles. The highest BCUT2D eigenvalue weighted by molar-refractivity contribution is 6.01. The first-order valence-electron chi connectivity index (χ1n) is 6.06. The summed E-state index contributed by atoms with van der Waals surface area (Å²) in [6, 6.07) is 8.29. The Hall–Kier alpha value is -1.81. The minimum atomic E-state index is -0.192. The fraction of sp³-hybridized carbons (Fsp3) is 0.312. The second kappa shape index (κ2) is 3.60. The van der Waals surface area contributed by atoms with Crippen LogP contribution in [-0.4, -0.2) is 5.78 Å². The molecule has 0 fully saturated rings. The number of hydrogen-bond acceptors (Lipinski definition) is 1. The quantitative estimate of drug-likeness (QED) is 0.617. The number of benzene rings is 1. The average molecular weight is 222 g/mol. The molecule has 0 aromatic heterocycles. The zero-order valence-corrected chi connectivity index (χ0v) is 9.70. The van der Waals surface area contributed by atoms with Crippen LogP contribution in [0.2, 0.25) is 0 Å². The van der Waals surface area contributed by atoms with Gasteiger partial charge < -0.3 is 0 Å². The van der Waals surface area contributed by atoms with Crippen molar-refractivity contribution in [2.75, 3.05) is 0 Å². The fourth-order valence-corrected chi connectivity index (χ4v) is 3.01. The summed E-state index contributed by atoms with van der Waals surface area (Å²) in [5.74, 6) is 3.17. The number of allylic oxidation sites excluding steroid dienone is 2. The molecule has 2 aliphatic carbocycles. The van der Waals surface area contributed by atoms with E-state index in [1.165, 1.54) is 11.1 Å². The van der Waals surface area contributed by atoms with Crippen molar-refractivity contribution in [2.24, 2.45) is 5.41 Å². The van der Waals surface area contributed by atoms with Gasteiger partial charge >= 0.3 is 0 Å². The standard InChI is InChI=1S/C16H14O/c1-2-16-9-7-12-5-3-4-6-14(12)15(16)11-13(17)8-10-16/h1,3-6,11H,7-10H2. The molecule has 1 aromatic rings. The lowest BCUT2D eigenvalue weighted by atomic mass is 9.63. The Kier molecular flexibility index (Phi) is 2.19. The van der Waals surface area contributed by atoms with Gasteiger partial charge in [0.2, 0.25) is 0 Å². The largest absolute Gasteiger partial charge is 0.295 e. The smallest absolute Gasteiger partial charge is 0.156 e. The summed E-state index contributed by atoms with van der Waals surface area (Å²) in [6.07, 6.45) is 10.9. The Balaban J connectivity index is 2.23. The Labute approximate surface area is 102 Å². The van der Waals surface area contributed by atoms with E-state index in [9.17, 15) is 4.79 Å². The van der Waals surface area contributed by atoms with Crippen LogP contribution in [0.15, 0.2) is 30.3 Å². The summed E-state index contributed by atoms with van der Waals surface area (Å²) >= 11 is 0. The van der Waals surface area contributed by atoms with Crippen LogP contribution in [0.3, 0.4) is 0 Å². The van der Waals surface area contributed by atoms with E-state index in [1.54, 1.807) is 6.08 Å². The molecule has 0 N–H and O–H groups in total. The van der Waals surface area contributed by atoms with Crippen molar-refractivity contribution in [3.63, 3.8) is 0 Å². The van der Waals surface area contributed by atoms with Gasteiger partial charge in [0.15, 0.2) is 5.78 Å². The van der Waals surface area contributed by atoms with Gasteiger partial charge in [-0.3, -0.25) is 4.79 Å². The number of ketones is 1. The Morgan fingerprint density at radius 3 is 2.76 bits per heavy atom. The highest BCUT2D eigenvalue weighted by Gasteiger charge is 2.39. The minimum absolute atomic E-state index is 0.192. The second-order valence-electron chi connectivity index (χ2n) is 4.91. The number of hydrogen-bond donors (Lipinski definition) is 0. The summed E-state index contributed by atoms with van der Waals surface area (Å²) in [6.45, 7) is 0. The van der Waals surface area contributed by atoms with Crippen LogP contribution in [0.1, 0.15) is 30.4 Å². The topological polar surface area (TPSA) is 17.1 Å². The molecule has 0 spiro atoms. The first-order valence-corrected chi connectivity index (χ1v) is 6.06. The first kappa shape index (κ1) is 10.4. The number of carbonyl (C=O) groups excluding carboxylic acids is 1. The van der Waals surface area contributed by atoms with E-state index in [0.717, 1.165) is 24.8 Å². The van der Waals surface area contributed by atoms with Crippen molar-refractivity contribution < 1.29 is 4.79 Å². The highest BCUT2D eigenvalue weighted by Crippen LogP contribution is 2.49. The summed E-state index contributed by atoms with van der Waals surface area (Å²) < 4.78 is 0.